The highest BCUT2D eigenvalue weighted by Crippen LogP contribution is 2.31. The number of hydrogen-bond donors (Lipinski definition) is 2. The van der Waals surface area contributed by atoms with Crippen LogP contribution in [-0.4, -0.2) is 62.6 Å². The van der Waals surface area contributed by atoms with Crippen molar-refractivity contribution in [1.82, 2.24) is 20.1 Å². The van der Waals surface area contributed by atoms with Gasteiger partial charge in [-0.2, -0.15) is 10.0 Å². The molecule has 27 heavy (non-hydrogen) atoms. The number of hydrogen-bond acceptors (Lipinski definition) is 7. The molecule has 1 atom stereocenters. The number of aliphatic carboxylic acids is 1. The Hall–Kier alpha value is -1.51. The summed E-state index contributed by atoms with van der Waals surface area (Å²) in [4.78, 5) is 17.9. The van der Waals surface area contributed by atoms with E-state index in [2.05, 4.69) is 15.0 Å². The summed E-state index contributed by atoms with van der Waals surface area (Å²) in [6, 6.07) is 0. The molecule has 0 radical (unpaired) electrons. The molecule has 1 aliphatic carbocycles. The summed E-state index contributed by atoms with van der Waals surface area (Å²) >= 11 is 0. The number of rotatable bonds is 9. The van der Waals surface area contributed by atoms with Crippen LogP contribution in [0.3, 0.4) is 0 Å². The monoisotopic (exact) mass is 380 g/mol. The lowest BCUT2D eigenvalue weighted by atomic mass is 9.84. The second-order valence-electron chi connectivity index (χ2n) is 8.01. The van der Waals surface area contributed by atoms with Crippen molar-refractivity contribution in [2.24, 2.45) is 5.92 Å². The smallest absolute Gasteiger partial charge is 0.304 e. The molecule has 152 valence electrons. The first-order valence-electron chi connectivity index (χ1n) is 10.3. The van der Waals surface area contributed by atoms with Crippen molar-refractivity contribution < 1.29 is 19.6 Å². The molecule has 8 heteroatoms. The number of piperazine rings is 1. The third-order valence-electron chi connectivity index (χ3n) is 5.86. The molecule has 2 N–H and O–H groups in total. The molecule has 1 aromatic rings. The van der Waals surface area contributed by atoms with Crippen LogP contribution in [0.2, 0.25) is 0 Å². The van der Waals surface area contributed by atoms with Crippen LogP contribution in [0.15, 0.2) is 4.52 Å². The zero-order valence-electron chi connectivity index (χ0n) is 16.1. The fourth-order valence-corrected chi connectivity index (χ4v) is 4.25. The zero-order chi connectivity index (χ0) is 19.1. The van der Waals surface area contributed by atoms with Crippen LogP contribution in [-0.2, 0) is 11.3 Å². The molecular weight excluding hydrogens is 348 g/mol. The standard InChI is InChI=1S/C19H32N4O4/c24-18(25)13-16(8-4-7-15-5-2-1-3-6-15)19-20-17(21-27-19)14-22-9-11-23(26)12-10-22/h15-16,26H,1-14H2,(H,24,25)/t16-/m1/s1. The summed E-state index contributed by atoms with van der Waals surface area (Å²) in [5.74, 6) is 0.821. The zero-order valence-corrected chi connectivity index (χ0v) is 16.1. The van der Waals surface area contributed by atoms with Crippen molar-refractivity contribution in [1.29, 1.82) is 0 Å². The number of carboxylic acids is 1. The molecule has 8 nitrogen and oxygen atoms in total. The lowest BCUT2D eigenvalue weighted by Crippen LogP contribution is -2.44. The van der Waals surface area contributed by atoms with Crippen LogP contribution in [0.1, 0.15) is 75.4 Å². The Morgan fingerprint density at radius 3 is 2.63 bits per heavy atom. The number of carbonyl (C=O) groups is 1. The van der Waals surface area contributed by atoms with Gasteiger partial charge in [0, 0.05) is 32.1 Å². The fraction of sp³-hybridized carbons (Fsp3) is 0.842. The van der Waals surface area contributed by atoms with E-state index >= 15 is 0 Å². The summed E-state index contributed by atoms with van der Waals surface area (Å²) in [5.41, 5.74) is 0. The maximum Gasteiger partial charge on any atom is 0.304 e. The summed E-state index contributed by atoms with van der Waals surface area (Å²) < 4.78 is 5.42. The lowest BCUT2D eigenvalue weighted by molar-refractivity contribution is -0.137. The molecule has 3 rings (SSSR count). The topological polar surface area (TPSA) is 103 Å². The highest BCUT2D eigenvalue weighted by molar-refractivity contribution is 5.67. The maximum absolute atomic E-state index is 11.3. The molecule has 0 aromatic carbocycles. The van der Waals surface area contributed by atoms with E-state index in [0.717, 1.165) is 31.8 Å². The summed E-state index contributed by atoms with van der Waals surface area (Å²) in [5, 5.41) is 24.1. The van der Waals surface area contributed by atoms with Gasteiger partial charge in [-0.05, 0) is 12.3 Å². The highest BCUT2D eigenvalue weighted by Gasteiger charge is 2.24. The van der Waals surface area contributed by atoms with Crippen LogP contribution in [0.5, 0.6) is 0 Å². The van der Waals surface area contributed by atoms with Gasteiger partial charge in [0.25, 0.3) is 0 Å². The van der Waals surface area contributed by atoms with Gasteiger partial charge in [-0.3, -0.25) is 9.69 Å². The number of hydroxylamine groups is 2. The first-order valence-corrected chi connectivity index (χ1v) is 10.3. The fourth-order valence-electron chi connectivity index (χ4n) is 4.25. The Bertz CT molecular complexity index is 580. The van der Waals surface area contributed by atoms with Gasteiger partial charge in [0.15, 0.2) is 5.82 Å². The summed E-state index contributed by atoms with van der Waals surface area (Å²) in [6.07, 6.45) is 9.66. The first kappa shape index (κ1) is 20.2. The Morgan fingerprint density at radius 1 is 1.19 bits per heavy atom. The summed E-state index contributed by atoms with van der Waals surface area (Å²) in [7, 11) is 0. The van der Waals surface area contributed by atoms with Crippen molar-refractivity contribution in [2.45, 2.75) is 70.3 Å². The largest absolute Gasteiger partial charge is 0.481 e. The van der Waals surface area contributed by atoms with Gasteiger partial charge in [-0.1, -0.05) is 50.1 Å². The Kier molecular flexibility index (Phi) is 7.60. The summed E-state index contributed by atoms with van der Waals surface area (Å²) in [6.45, 7) is 3.28. The molecule has 2 fully saturated rings. The predicted octanol–water partition coefficient (Wildman–Crippen LogP) is 2.89. The molecule has 1 aromatic heterocycles. The highest BCUT2D eigenvalue weighted by atomic mass is 16.5. The van der Waals surface area contributed by atoms with Gasteiger partial charge in [-0.15, -0.1) is 0 Å². The van der Waals surface area contributed by atoms with Gasteiger partial charge >= 0.3 is 5.97 Å². The molecule has 0 spiro atoms. The first-order chi connectivity index (χ1) is 13.1. The van der Waals surface area contributed by atoms with E-state index in [0.29, 0.717) is 31.3 Å². The predicted molar refractivity (Wildman–Crippen MR) is 98.4 cm³/mol. The maximum atomic E-state index is 11.3. The van der Waals surface area contributed by atoms with Crippen LogP contribution in [0.4, 0.5) is 0 Å². The van der Waals surface area contributed by atoms with Gasteiger partial charge in [0.1, 0.15) is 0 Å². The minimum absolute atomic E-state index is 0.0372. The third kappa shape index (κ3) is 6.55. The van der Waals surface area contributed by atoms with Crippen molar-refractivity contribution in [3.8, 4) is 0 Å². The second kappa shape index (κ2) is 10.1. The van der Waals surface area contributed by atoms with Crippen LogP contribution < -0.4 is 0 Å². The molecule has 1 aliphatic heterocycles. The minimum Gasteiger partial charge on any atom is -0.481 e. The van der Waals surface area contributed by atoms with Crippen LogP contribution in [0.25, 0.3) is 0 Å². The third-order valence-corrected chi connectivity index (χ3v) is 5.86. The SMILES string of the molecule is O=C(O)C[C@@H](CCCC1CCCCC1)c1nc(CN2CCN(O)CC2)no1. The van der Waals surface area contributed by atoms with Gasteiger partial charge in [0.2, 0.25) is 5.89 Å². The van der Waals surface area contributed by atoms with E-state index < -0.39 is 5.97 Å². The Labute approximate surface area is 160 Å². The molecule has 1 saturated heterocycles. The van der Waals surface area contributed by atoms with E-state index in [9.17, 15) is 15.1 Å². The number of aromatic nitrogens is 2. The second-order valence-corrected chi connectivity index (χ2v) is 8.01. The van der Waals surface area contributed by atoms with Crippen molar-refractivity contribution >= 4 is 5.97 Å². The lowest BCUT2D eigenvalue weighted by Gasteiger charge is -2.29. The van der Waals surface area contributed by atoms with Crippen LogP contribution in [0, 0.1) is 5.92 Å². The average Bonchev–Trinajstić information content (AvgIpc) is 3.12. The number of nitrogens with zero attached hydrogens (tertiary/aromatic N) is 4. The normalized spacial score (nSPS) is 21.4. The van der Waals surface area contributed by atoms with E-state index in [-0.39, 0.29) is 12.3 Å². The van der Waals surface area contributed by atoms with E-state index in [1.165, 1.54) is 43.6 Å². The molecule has 0 amide bonds. The van der Waals surface area contributed by atoms with E-state index in [1.807, 2.05) is 0 Å². The van der Waals surface area contributed by atoms with Gasteiger partial charge in [-0.25, -0.2) is 0 Å². The van der Waals surface area contributed by atoms with Gasteiger partial charge < -0.3 is 14.8 Å². The van der Waals surface area contributed by atoms with E-state index in [1.54, 1.807) is 0 Å². The molecule has 2 heterocycles. The van der Waals surface area contributed by atoms with Crippen molar-refractivity contribution in [3.05, 3.63) is 11.7 Å². The quantitative estimate of drug-likeness (QED) is 0.674. The molecular formula is C19H32N4O4. The minimum atomic E-state index is -0.823. The molecule has 1 saturated carbocycles. The molecule has 0 unspecified atom stereocenters. The molecule has 0 bridgehead atoms. The Balaban J connectivity index is 1.51. The van der Waals surface area contributed by atoms with Gasteiger partial charge in [0.05, 0.1) is 13.0 Å². The average molecular weight is 380 g/mol. The Morgan fingerprint density at radius 2 is 1.93 bits per heavy atom. The number of carboxylic acid groups (broad SMARTS) is 1. The molecule has 2 aliphatic rings. The van der Waals surface area contributed by atoms with Crippen LogP contribution >= 0.6 is 0 Å². The van der Waals surface area contributed by atoms with Crippen molar-refractivity contribution in [2.75, 3.05) is 26.2 Å². The van der Waals surface area contributed by atoms with E-state index in [4.69, 9.17) is 4.52 Å². The van der Waals surface area contributed by atoms with Crippen molar-refractivity contribution in [3.63, 3.8) is 0 Å².